The standard InChI is InChI=1S/C12H20OSi/c1-2-11-7-3-4-8-12(11)14-10-6-5-9-13-14/h2,14H,1,3-10H2. The second kappa shape index (κ2) is 4.94. The van der Waals surface area contributed by atoms with Gasteiger partial charge < -0.3 is 4.43 Å². The second-order valence-corrected chi connectivity index (χ2v) is 6.90. The maximum absolute atomic E-state index is 5.98. The number of hydrogen-bond donors (Lipinski definition) is 0. The van der Waals surface area contributed by atoms with Crippen LogP contribution in [0.3, 0.4) is 0 Å². The van der Waals surface area contributed by atoms with Crippen LogP contribution >= 0.6 is 0 Å². The molecule has 1 atom stereocenters. The number of rotatable bonds is 2. The first-order chi connectivity index (χ1) is 6.92. The SMILES string of the molecule is C=CC1=C([SiH]2CCCCO2)CCCC1. The van der Waals surface area contributed by atoms with Gasteiger partial charge in [-0.2, -0.15) is 0 Å². The van der Waals surface area contributed by atoms with Crippen molar-refractivity contribution < 1.29 is 4.43 Å². The van der Waals surface area contributed by atoms with Crippen molar-refractivity contribution >= 4 is 9.04 Å². The summed E-state index contributed by atoms with van der Waals surface area (Å²) in [5, 5.41) is 1.70. The maximum atomic E-state index is 5.98. The summed E-state index contributed by atoms with van der Waals surface area (Å²) in [5.41, 5.74) is 1.54. The van der Waals surface area contributed by atoms with Gasteiger partial charge in [-0.15, -0.1) is 0 Å². The molecule has 0 amide bonds. The van der Waals surface area contributed by atoms with Crippen molar-refractivity contribution in [3.63, 3.8) is 0 Å². The molecule has 0 aromatic rings. The van der Waals surface area contributed by atoms with E-state index in [9.17, 15) is 0 Å². The Hall–Kier alpha value is -0.343. The Morgan fingerprint density at radius 3 is 2.71 bits per heavy atom. The van der Waals surface area contributed by atoms with Gasteiger partial charge in [0, 0.05) is 6.61 Å². The number of allylic oxidation sites excluding steroid dienone is 3. The Morgan fingerprint density at radius 1 is 1.14 bits per heavy atom. The summed E-state index contributed by atoms with van der Waals surface area (Å²) in [5.74, 6) is 0. The van der Waals surface area contributed by atoms with Gasteiger partial charge >= 0.3 is 0 Å². The third kappa shape index (κ3) is 2.18. The fraction of sp³-hybridized carbons (Fsp3) is 0.667. The predicted octanol–water partition coefficient (Wildman–Crippen LogP) is 3.12. The molecule has 0 spiro atoms. The van der Waals surface area contributed by atoms with Crippen molar-refractivity contribution in [1.82, 2.24) is 0 Å². The van der Waals surface area contributed by atoms with Gasteiger partial charge in [-0.05, 0) is 38.1 Å². The van der Waals surface area contributed by atoms with Gasteiger partial charge in [-0.1, -0.05) is 29.8 Å². The molecule has 78 valence electrons. The minimum Gasteiger partial charge on any atom is -0.416 e. The Morgan fingerprint density at radius 2 is 2.00 bits per heavy atom. The first-order valence-electron chi connectivity index (χ1n) is 5.88. The first-order valence-corrected chi connectivity index (χ1v) is 7.74. The zero-order chi connectivity index (χ0) is 9.80. The van der Waals surface area contributed by atoms with E-state index < -0.39 is 9.04 Å². The first kappa shape index (κ1) is 10.2. The molecular formula is C12H20OSi. The largest absolute Gasteiger partial charge is 0.416 e. The summed E-state index contributed by atoms with van der Waals surface area (Å²) < 4.78 is 5.98. The van der Waals surface area contributed by atoms with Crippen LogP contribution < -0.4 is 0 Å². The molecule has 1 aliphatic carbocycles. The Balaban J connectivity index is 2.11. The Bertz CT molecular complexity index is 239. The molecule has 0 aromatic carbocycles. The molecule has 1 unspecified atom stereocenters. The van der Waals surface area contributed by atoms with Crippen LogP contribution in [-0.4, -0.2) is 15.6 Å². The molecule has 2 heteroatoms. The molecule has 1 heterocycles. The van der Waals surface area contributed by atoms with Crippen LogP contribution in [0.25, 0.3) is 0 Å². The van der Waals surface area contributed by atoms with Crippen molar-refractivity contribution in [2.24, 2.45) is 0 Å². The highest BCUT2D eigenvalue weighted by atomic mass is 28.3. The van der Waals surface area contributed by atoms with Gasteiger partial charge in [0.15, 0.2) is 0 Å². The van der Waals surface area contributed by atoms with Gasteiger partial charge in [-0.3, -0.25) is 0 Å². The van der Waals surface area contributed by atoms with E-state index in [1.807, 2.05) is 0 Å². The molecule has 1 saturated heterocycles. The average Bonchev–Trinajstić information content (AvgIpc) is 2.30. The smallest absolute Gasteiger partial charge is 0.204 e. The lowest BCUT2D eigenvalue weighted by molar-refractivity contribution is 0.290. The fourth-order valence-corrected chi connectivity index (χ4v) is 5.60. The molecular weight excluding hydrogens is 188 g/mol. The van der Waals surface area contributed by atoms with E-state index >= 15 is 0 Å². The summed E-state index contributed by atoms with van der Waals surface area (Å²) in [6.07, 6.45) is 10.0. The fourth-order valence-electron chi connectivity index (χ4n) is 2.57. The lowest BCUT2D eigenvalue weighted by atomic mass is 9.99. The lowest BCUT2D eigenvalue weighted by Gasteiger charge is -2.28. The predicted molar refractivity (Wildman–Crippen MR) is 62.8 cm³/mol. The molecule has 1 fully saturated rings. The van der Waals surface area contributed by atoms with Crippen LogP contribution in [0, 0.1) is 0 Å². The number of hydrogen-bond acceptors (Lipinski definition) is 1. The summed E-state index contributed by atoms with van der Waals surface area (Å²) in [6, 6.07) is 1.37. The van der Waals surface area contributed by atoms with Gasteiger partial charge in [0.05, 0.1) is 0 Å². The highest BCUT2D eigenvalue weighted by Gasteiger charge is 2.24. The highest BCUT2D eigenvalue weighted by Crippen LogP contribution is 2.30. The lowest BCUT2D eigenvalue weighted by Crippen LogP contribution is -2.28. The molecule has 0 saturated carbocycles. The normalized spacial score (nSPS) is 29.0. The van der Waals surface area contributed by atoms with E-state index in [-0.39, 0.29) is 0 Å². The van der Waals surface area contributed by atoms with Crippen molar-refractivity contribution in [2.45, 2.75) is 44.6 Å². The molecule has 0 bridgehead atoms. The van der Waals surface area contributed by atoms with Crippen LogP contribution in [-0.2, 0) is 4.43 Å². The van der Waals surface area contributed by atoms with Gasteiger partial charge in [0.2, 0.25) is 9.04 Å². The van der Waals surface area contributed by atoms with Crippen LogP contribution in [0.1, 0.15) is 38.5 Å². The third-order valence-corrected chi connectivity index (χ3v) is 6.38. The Kier molecular flexibility index (Phi) is 3.59. The van der Waals surface area contributed by atoms with Crippen molar-refractivity contribution in [3.05, 3.63) is 23.4 Å². The molecule has 0 N–H and O–H groups in total. The minimum absolute atomic E-state index is 0.975. The Labute approximate surface area is 88.6 Å². The van der Waals surface area contributed by atoms with Crippen LogP contribution in [0.2, 0.25) is 6.04 Å². The summed E-state index contributed by atoms with van der Waals surface area (Å²) in [7, 11) is -0.975. The van der Waals surface area contributed by atoms with E-state index in [4.69, 9.17) is 4.43 Å². The zero-order valence-electron chi connectivity index (χ0n) is 8.93. The van der Waals surface area contributed by atoms with E-state index in [1.165, 1.54) is 50.1 Å². The van der Waals surface area contributed by atoms with Gasteiger partial charge in [0.1, 0.15) is 0 Å². The van der Waals surface area contributed by atoms with Gasteiger partial charge in [-0.25, -0.2) is 0 Å². The zero-order valence-corrected chi connectivity index (χ0v) is 10.1. The molecule has 0 aromatic heterocycles. The molecule has 1 aliphatic heterocycles. The van der Waals surface area contributed by atoms with Crippen LogP contribution in [0.15, 0.2) is 23.4 Å². The molecule has 1 nitrogen and oxygen atoms in total. The quantitative estimate of drug-likeness (QED) is 0.634. The summed E-state index contributed by atoms with van der Waals surface area (Å²) in [4.78, 5) is 0. The van der Waals surface area contributed by atoms with Gasteiger partial charge in [0.25, 0.3) is 0 Å². The van der Waals surface area contributed by atoms with Crippen LogP contribution in [0.4, 0.5) is 0 Å². The second-order valence-electron chi connectivity index (χ2n) is 4.32. The van der Waals surface area contributed by atoms with E-state index in [1.54, 1.807) is 5.20 Å². The third-order valence-electron chi connectivity index (χ3n) is 3.37. The summed E-state index contributed by atoms with van der Waals surface area (Å²) >= 11 is 0. The van der Waals surface area contributed by atoms with E-state index in [2.05, 4.69) is 12.7 Å². The molecule has 2 rings (SSSR count). The maximum Gasteiger partial charge on any atom is 0.204 e. The van der Waals surface area contributed by atoms with E-state index in [0.29, 0.717) is 0 Å². The molecule has 0 radical (unpaired) electrons. The van der Waals surface area contributed by atoms with Crippen molar-refractivity contribution in [2.75, 3.05) is 6.61 Å². The molecule has 2 aliphatic rings. The van der Waals surface area contributed by atoms with Crippen molar-refractivity contribution in [1.29, 1.82) is 0 Å². The van der Waals surface area contributed by atoms with E-state index in [0.717, 1.165) is 6.61 Å². The summed E-state index contributed by atoms with van der Waals surface area (Å²) in [6.45, 7) is 4.96. The van der Waals surface area contributed by atoms with Crippen molar-refractivity contribution in [3.8, 4) is 0 Å². The monoisotopic (exact) mass is 208 g/mol. The minimum atomic E-state index is -0.975. The highest BCUT2D eigenvalue weighted by molar-refractivity contribution is 6.60. The van der Waals surface area contributed by atoms with Crippen LogP contribution in [0.5, 0.6) is 0 Å². The topological polar surface area (TPSA) is 9.23 Å². The average molecular weight is 208 g/mol. The molecule has 14 heavy (non-hydrogen) atoms.